The smallest absolute Gasteiger partial charge is 0.317 e. The summed E-state index contributed by atoms with van der Waals surface area (Å²) in [6.07, 6.45) is 2.59. The van der Waals surface area contributed by atoms with Gasteiger partial charge in [0.15, 0.2) is 0 Å². The predicted molar refractivity (Wildman–Crippen MR) is 67.4 cm³/mol. The van der Waals surface area contributed by atoms with Gasteiger partial charge in [-0.1, -0.05) is 0 Å². The Morgan fingerprint density at radius 2 is 2.26 bits per heavy atom. The van der Waals surface area contributed by atoms with E-state index in [0.717, 1.165) is 43.7 Å². The van der Waals surface area contributed by atoms with E-state index in [0.29, 0.717) is 12.5 Å². The third-order valence-corrected chi connectivity index (χ3v) is 3.84. The summed E-state index contributed by atoms with van der Waals surface area (Å²) in [6.45, 7) is 2.22. The molecule has 1 atom stereocenters. The van der Waals surface area contributed by atoms with E-state index in [9.17, 15) is 9.90 Å². The number of aliphatic carboxylic acids is 1. The monoisotopic (exact) mass is 265 g/mol. The van der Waals surface area contributed by atoms with Gasteiger partial charge in [-0.3, -0.25) is 14.4 Å². The van der Waals surface area contributed by atoms with Gasteiger partial charge < -0.3 is 10.2 Å². The molecular formula is C13H19N3O3. The second-order valence-electron chi connectivity index (χ2n) is 5.52. The molecular weight excluding hydrogens is 246 g/mol. The maximum atomic E-state index is 10.8. The number of fused-ring (bicyclic) bond motifs is 1. The van der Waals surface area contributed by atoms with Gasteiger partial charge in [0.1, 0.15) is 6.10 Å². The molecule has 1 fully saturated rings. The van der Waals surface area contributed by atoms with Crippen LogP contribution >= 0.6 is 0 Å². The van der Waals surface area contributed by atoms with Crippen LogP contribution in [0.15, 0.2) is 6.07 Å². The molecule has 0 aromatic carbocycles. The number of rotatable bonds is 4. The number of aliphatic hydroxyl groups excluding tert-OH is 1. The summed E-state index contributed by atoms with van der Waals surface area (Å²) in [5.41, 5.74) is 1.75. The van der Waals surface area contributed by atoms with Gasteiger partial charge in [-0.2, -0.15) is 5.10 Å². The number of hydrogen-bond acceptors (Lipinski definition) is 4. The lowest BCUT2D eigenvalue weighted by Gasteiger charge is -2.16. The largest absolute Gasteiger partial charge is 0.480 e. The van der Waals surface area contributed by atoms with Crippen LogP contribution < -0.4 is 0 Å². The minimum absolute atomic E-state index is 0.0612. The van der Waals surface area contributed by atoms with Gasteiger partial charge in [0.25, 0.3) is 0 Å². The van der Waals surface area contributed by atoms with E-state index in [1.54, 1.807) is 0 Å². The minimum atomic E-state index is -0.800. The Bertz CT molecular complexity index is 481. The van der Waals surface area contributed by atoms with Crippen molar-refractivity contribution in [3.8, 4) is 0 Å². The van der Waals surface area contributed by atoms with Crippen LogP contribution in [0.25, 0.3) is 0 Å². The first kappa shape index (κ1) is 12.6. The summed E-state index contributed by atoms with van der Waals surface area (Å²) >= 11 is 0. The molecule has 6 heteroatoms. The summed E-state index contributed by atoms with van der Waals surface area (Å²) in [4.78, 5) is 12.7. The minimum Gasteiger partial charge on any atom is -0.480 e. The molecule has 1 aromatic rings. The zero-order valence-corrected chi connectivity index (χ0v) is 10.8. The average Bonchev–Trinajstić information content (AvgIpc) is 3.14. The molecule has 0 spiro atoms. The van der Waals surface area contributed by atoms with Crippen LogP contribution in [0.5, 0.6) is 0 Å². The first-order valence-electron chi connectivity index (χ1n) is 6.82. The second-order valence-corrected chi connectivity index (χ2v) is 5.52. The van der Waals surface area contributed by atoms with Crippen LogP contribution in [0.1, 0.15) is 36.8 Å². The molecule has 2 heterocycles. The molecule has 0 bridgehead atoms. The highest BCUT2D eigenvalue weighted by Gasteiger charge is 2.33. The predicted octanol–water partition coefficient (Wildman–Crippen LogP) is 0.617. The molecule has 1 saturated carbocycles. The fourth-order valence-corrected chi connectivity index (χ4v) is 2.68. The van der Waals surface area contributed by atoms with E-state index in [1.807, 2.05) is 15.6 Å². The number of aromatic nitrogens is 2. The quantitative estimate of drug-likeness (QED) is 0.834. The molecule has 0 unspecified atom stereocenters. The van der Waals surface area contributed by atoms with E-state index in [2.05, 4.69) is 5.10 Å². The van der Waals surface area contributed by atoms with Crippen molar-refractivity contribution in [1.82, 2.24) is 14.7 Å². The third kappa shape index (κ3) is 2.79. The Kier molecular flexibility index (Phi) is 3.28. The van der Waals surface area contributed by atoms with Crippen molar-refractivity contribution in [2.24, 2.45) is 5.92 Å². The number of hydrogen-bond donors (Lipinski definition) is 2. The fraction of sp³-hybridized carbons (Fsp3) is 0.692. The standard InChI is InChI=1S/C13H19N3O3/c17-12(18)8-15-4-1-5-16-10(7-15)6-11(14-16)13(19)9-2-3-9/h6,9,13,19H,1-5,7-8H2,(H,17,18)/t13-/m0/s1. The van der Waals surface area contributed by atoms with Crippen molar-refractivity contribution in [2.75, 3.05) is 13.1 Å². The van der Waals surface area contributed by atoms with Crippen LogP contribution in [0.3, 0.4) is 0 Å². The highest BCUT2D eigenvalue weighted by Crippen LogP contribution is 2.40. The van der Waals surface area contributed by atoms with E-state index >= 15 is 0 Å². The summed E-state index contributed by atoms with van der Waals surface area (Å²) in [5, 5.41) is 23.5. The lowest BCUT2D eigenvalue weighted by Crippen LogP contribution is -2.29. The Morgan fingerprint density at radius 3 is 2.95 bits per heavy atom. The second kappa shape index (κ2) is 4.94. The van der Waals surface area contributed by atoms with Crippen molar-refractivity contribution in [3.63, 3.8) is 0 Å². The first-order chi connectivity index (χ1) is 9.13. The molecule has 2 aliphatic rings. The van der Waals surface area contributed by atoms with Gasteiger partial charge in [0.05, 0.1) is 17.9 Å². The number of aliphatic hydroxyl groups is 1. The van der Waals surface area contributed by atoms with Crippen molar-refractivity contribution in [3.05, 3.63) is 17.5 Å². The van der Waals surface area contributed by atoms with Crippen LogP contribution in [0.2, 0.25) is 0 Å². The summed E-state index contributed by atoms with van der Waals surface area (Å²) in [5.74, 6) is -0.430. The van der Waals surface area contributed by atoms with Gasteiger partial charge in [0.2, 0.25) is 0 Å². The molecule has 0 amide bonds. The molecule has 19 heavy (non-hydrogen) atoms. The lowest BCUT2D eigenvalue weighted by atomic mass is 10.1. The molecule has 1 aromatic heterocycles. The molecule has 3 rings (SSSR count). The van der Waals surface area contributed by atoms with Crippen LogP contribution in [0, 0.1) is 5.92 Å². The average molecular weight is 265 g/mol. The van der Waals surface area contributed by atoms with Crippen molar-refractivity contribution in [2.45, 2.75) is 38.5 Å². The van der Waals surface area contributed by atoms with Gasteiger partial charge in [0, 0.05) is 19.6 Å². The molecule has 6 nitrogen and oxygen atoms in total. The van der Waals surface area contributed by atoms with Gasteiger partial charge >= 0.3 is 5.97 Å². The summed E-state index contributed by atoms with van der Waals surface area (Å²) < 4.78 is 1.92. The lowest BCUT2D eigenvalue weighted by molar-refractivity contribution is -0.138. The number of carboxylic acid groups (broad SMARTS) is 1. The fourth-order valence-electron chi connectivity index (χ4n) is 2.68. The van der Waals surface area contributed by atoms with E-state index in [1.165, 1.54) is 0 Å². The summed E-state index contributed by atoms with van der Waals surface area (Å²) in [6, 6.07) is 1.93. The highest BCUT2D eigenvalue weighted by atomic mass is 16.4. The Hall–Kier alpha value is -1.40. The molecule has 2 N–H and O–H groups in total. The van der Waals surface area contributed by atoms with Crippen molar-refractivity contribution >= 4 is 5.97 Å². The number of aryl methyl sites for hydroxylation is 1. The van der Waals surface area contributed by atoms with Gasteiger partial charge in [-0.25, -0.2) is 0 Å². The zero-order chi connectivity index (χ0) is 13.4. The van der Waals surface area contributed by atoms with E-state index in [4.69, 9.17) is 5.11 Å². The maximum Gasteiger partial charge on any atom is 0.317 e. The topological polar surface area (TPSA) is 78.6 Å². The maximum absolute atomic E-state index is 10.8. The molecule has 104 valence electrons. The number of nitrogens with zero attached hydrogens (tertiary/aromatic N) is 3. The molecule has 1 aliphatic carbocycles. The zero-order valence-electron chi connectivity index (χ0n) is 10.8. The van der Waals surface area contributed by atoms with Crippen molar-refractivity contribution in [1.29, 1.82) is 0 Å². The number of carboxylic acids is 1. The van der Waals surface area contributed by atoms with Crippen molar-refractivity contribution < 1.29 is 15.0 Å². The van der Waals surface area contributed by atoms with Gasteiger partial charge in [-0.05, 0) is 31.2 Å². The number of carbonyl (C=O) groups is 1. The summed E-state index contributed by atoms with van der Waals surface area (Å²) in [7, 11) is 0. The van der Waals surface area contributed by atoms with Crippen LogP contribution in [-0.4, -0.2) is 44.0 Å². The highest BCUT2D eigenvalue weighted by molar-refractivity contribution is 5.69. The Balaban J connectivity index is 1.76. The van der Waals surface area contributed by atoms with E-state index in [-0.39, 0.29) is 6.54 Å². The molecule has 0 saturated heterocycles. The SMILES string of the molecule is O=C(O)CN1CCCn2nc([C@@H](O)C3CC3)cc2C1. The Labute approximate surface area is 111 Å². The Morgan fingerprint density at radius 1 is 1.47 bits per heavy atom. The van der Waals surface area contributed by atoms with Crippen LogP contribution in [0.4, 0.5) is 0 Å². The third-order valence-electron chi connectivity index (χ3n) is 3.84. The van der Waals surface area contributed by atoms with Gasteiger partial charge in [-0.15, -0.1) is 0 Å². The van der Waals surface area contributed by atoms with E-state index < -0.39 is 12.1 Å². The normalized spacial score (nSPS) is 21.7. The van der Waals surface area contributed by atoms with Crippen LogP contribution in [-0.2, 0) is 17.9 Å². The first-order valence-corrected chi connectivity index (χ1v) is 6.82. The molecule has 1 aliphatic heterocycles. The molecule has 0 radical (unpaired) electrons.